The molecule has 9 heteroatoms. The van der Waals surface area contributed by atoms with Crippen LogP contribution in [0.1, 0.15) is 60.3 Å². The molecule has 0 saturated carbocycles. The van der Waals surface area contributed by atoms with E-state index in [0.717, 1.165) is 24.0 Å². The van der Waals surface area contributed by atoms with E-state index in [9.17, 15) is 18.5 Å². The molecule has 0 aliphatic heterocycles. The van der Waals surface area contributed by atoms with Gasteiger partial charge >= 0.3 is 6.03 Å². The molecule has 2 aliphatic rings. The van der Waals surface area contributed by atoms with Gasteiger partial charge in [-0.3, -0.25) is 0 Å². The third-order valence-corrected chi connectivity index (χ3v) is 7.08. The van der Waals surface area contributed by atoms with Crippen LogP contribution in [0.15, 0.2) is 19.9 Å². The number of furan rings is 1. The van der Waals surface area contributed by atoms with Crippen LogP contribution < -0.4 is 10.5 Å². The number of hydrogen-bond donors (Lipinski definition) is 3. The van der Waals surface area contributed by atoms with E-state index >= 15 is 0 Å². The molecule has 0 bridgehead atoms. The number of hydrogen-bond acceptors (Lipinski definition) is 4. The number of nitrogens with zero attached hydrogens (tertiary/aromatic N) is 1. The smallest absolute Gasteiger partial charge is 0.354 e. The molecule has 2 amide bonds. The van der Waals surface area contributed by atoms with Crippen molar-refractivity contribution >= 4 is 21.6 Å². The van der Waals surface area contributed by atoms with Crippen LogP contribution in [0.2, 0.25) is 0 Å². The number of aryl methyl sites for hydroxylation is 1. The number of urea groups is 1. The fourth-order valence-electron chi connectivity index (χ4n) is 4.54. The van der Waals surface area contributed by atoms with E-state index in [1.165, 1.54) is 6.07 Å². The first-order valence-electron chi connectivity index (χ1n) is 10.0. The number of fused-ring (bicyclic) bond motifs is 2. The lowest BCUT2D eigenvalue weighted by atomic mass is 9.98. The molecule has 1 heterocycles. The normalized spacial score (nSPS) is 17.4. The van der Waals surface area contributed by atoms with Gasteiger partial charge in [-0.05, 0) is 81.5 Å². The first-order chi connectivity index (χ1) is 14.0. The number of rotatable bonds is 3. The van der Waals surface area contributed by atoms with Crippen LogP contribution in [0.25, 0.3) is 0 Å². The molecule has 1 atom stereocenters. The lowest BCUT2D eigenvalue weighted by Gasteiger charge is -2.16. The van der Waals surface area contributed by atoms with Gasteiger partial charge in [0, 0.05) is 17.3 Å². The fraction of sp³-hybridized carbons (Fsp3) is 0.476. The second kappa shape index (κ2) is 7.18. The monoisotopic (exact) mass is 435 g/mol. The van der Waals surface area contributed by atoms with E-state index in [0.29, 0.717) is 53.8 Å². The Kier molecular flexibility index (Phi) is 5.03. The maximum absolute atomic E-state index is 14.8. The zero-order valence-corrected chi connectivity index (χ0v) is 18.1. The Morgan fingerprint density at radius 1 is 1.20 bits per heavy atom. The Hall–Kier alpha value is -2.23. The van der Waals surface area contributed by atoms with E-state index < -0.39 is 21.5 Å². The van der Waals surface area contributed by atoms with Gasteiger partial charge in [0.15, 0.2) is 9.92 Å². The molecule has 2 aliphatic carbocycles. The molecular formula is C21H26FN3O4S. The maximum atomic E-state index is 14.8. The van der Waals surface area contributed by atoms with Crippen molar-refractivity contribution in [3.8, 4) is 0 Å². The summed E-state index contributed by atoms with van der Waals surface area (Å²) in [5, 5.41) is 18.6. The van der Waals surface area contributed by atoms with Crippen molar-refractivity contribution in [2.45, 2.75) is 70.0 Å². The minimum atomic E-state index is -3.67. The molecule has 0 radical (unpaired) electrons. The molecule has 7 nitrogen and oxygen atoms in total. The molecule has 0 fully saturated rings. The standard InChI is InChI=1S/C21H26FN3O4S/c1-11-16(21(2,3)27)10-17(29-11)30(23,28)25-20(26)24-19-14-8-4-6-12(14)18(22)13-7-5-9-15(13)19/h10,27H,4-9H2,1-3H3,(H3,23,24,25,26,28)/t30-/m0/s1. The van der Waals surface area contributed by atoms with Crippen LogP contribution >= 0.6 is 0 Å². The lowest BCUT2D eigenvalue weighted by Crippen LogP contribution is -2.19. The second-order valence-corrected chi connectivity index (χ2v) is 10.2. The molecule has 4 rings (SSSR count). The van der Waals surface area contributed by atoms with Crippen LogP contribution in [0.3, 0.4) is 0 Å². The number of aliphatic hydroxyl groups is 1. The van der Waals surface area contributed by atoms with Crippen LogP contribution in [-0.4, -0.2) is 15.3 Å². The summed E-state index contributed by atoms with van der Waals surface area (Å²) >= 11 is 0. The number of benzene rings is 1. The maximum Gasteiger partial charge on any atom is 0.354 e. The van der Waals surface area contributed by atoms with Crippen LogP contribution in [0.5, 0.6) is 0 Å². The lowest BCUT2D eigenvalue weighted by molar-refractivity contribution is 0.0769. The van der Waals surface area contributed by atoms with Gasteiger partial charge in [0.2, 0.25) is 5.09 Å². The van der Waals surface area contributed by atoms with Crippen LogP contribution in [-0.2, 0) is 41.2 Å². The minimum Gasteiger partial charge on any atom is -0.450 e. The predicted molar refractivity (Wildman–Crippen MR) is 111 cm³/mol. The third-order valence-electron chi connectivity index (χ3n) is 5.86. The molecule has 4 N–H and O–H groups in total. The summed E-state index contributed by atoms with van der Waals surface area (Å²) in [7, 11) is -3.67. The summed E-state index contributed by atoms with van der Waals surface area (Å²) in [6.07, 6.45) is 4.31. The van der Waals surface area contributed by atoms with Crippen molar-refractivity contribution < 1.29 is 22.9 Å². The van der Waals surface area contributed by atoms with Gasteiger partial charge in [0.05, 0.1) is 5.60 Å². The highest BCUT2D eigenvalue weighted by molar-refractivity contribution is 7.91. The molecule has 0 saturated heterocycles. The summed E-state index contributed by atoms with van der Waals surface area (Å²) in [6.45, 7) is 4.73. The van der Waals surface area contributed by atoms with E-state index in [4.69, 9.17) is 9.56 Å². The molecular weight excluding hydrogens is 409 g/mol. The molecule has 30 heavy (non-hydrogen) atoms. The SMILES string of the molecule is Cc1oc([S@@](N)(=O)=NC(=O)Nc2c3c(c(F)c4c2CCC4)CCC3)cc1C(C)(C)O. The van der Waals surface area contributed by atoms with Crippen molar-refractivity contribution in [2.75, 3.05) is 5.32 Å². The summed E-state index contributed by atoms with van der Waals surface area (Å²) in [4.78, 5) is 12.7. The van der Waals surface area contributed by atoms with E-state index in [-0.39, 0.29) is 10.9 Å². The van der Waals surface area contributed by atoms with Crippen molar-refractivity contribution in [1.29, 1.82) is 0 Å². The zero-order chi connectivity index (χ0) is 21.8. The first kappa shape index (κ1) is 21.0. The Bertz CT molecular complexity index is 1130. The van der Waals surface area contributed by atoms with Gasteiger partial charge in [-0.2, -0.15) is 0 Å². The Labute approximate surface area is 175 Å². The Balaban J connectivity index is 1.69. The van der Waals surface area contributed by atoms with E-state index in [1.807, 2.05) is 0 Å². The average molecular weight is 436 g/mol. The summed E-state index contributed by atoms with van der Waals surface area (Å²) < 4.78 is 36.8. The predicted octanol–water partition coefficient (Wildman–Crippen LogP) is 3.86. The van der Waals surface area contributed by atoms with Crippen molar-refractivity contribution in [2.24, 2.45) is 9.50 Å². The van der Waals surface area contributed by atoms with Crippen molar-refractivity contribution in [3.63, 3.8) is 0 Å². The summed E-state index contributed by atoms with van der Waals surface area (Å²) in [5.74, 6) is 0.207. The summed E-state index contributed by atoms with van der Waals surface area (Å²) in [5.41, 5.74) is 2.72. The molecule has 0 spiro atoms. The van der Waals surface area contributed by atoms with Gasteiger partial charge < -0.3 is 14.8 Å². The van der Waals surface area contributed by atoms with Gasteiger partial charge in [-0.15, -0.1) is 4.36 Å². The summed E-state index contributed by atoms with van der Waals surface area (Å²) in [6, 6.07) is 0.498. The van der Waals surface area contributed by atoms with Crippen LogP contribution in [0, 0.1) is 12.7 Å². The van der Waals surface area contributed by atoms with Crippen molar-refractivity contribution in [1.82, 2.24) is 0 Å². The highest BCUT2D eigenvalue weighted by Gasteiger charge is 2.30. The number of halogens is 1. The number of nitrogens with two attached hydrogens (primary N) is 1. The molecule has 0 unspecified atom stereocenters. The van der Waals surface area contributed by atoms with Crippen molar-refractivity contribution in [3.05, 3.63) is 45.5 Å². The molecule has 2 aromatic rings. The van der Waals surface area contributed by atoms with Crippen LogP contribution in [0.4, 0.5) is 14.9 Å². The molecule has 1 aromatic carbocycles. The third kappa shape index (κ3) is 3.55. The Morgan fingerprint density at radius 2 is 1.73 bits per heavy atom. The quantitative estimate of drug-likeness (QED) is 0.678. The highest BCUT2D eigenvalue weighted by atomic mass is 32.2. The second-order valence-electron chi connectivity index (χ2n) is 8.49. The highest BCUT2D eigenvalue weighted by Crippen LogP contribution is 2.41. The van der Waals surface area contributed by atoms with E-state index in [1.54, 1.807) is 20.8 Å². The Morgan fingerprint density at radius 3 is 2.23 bits per heavy atom. The number of amides is 2. The number of anilines is 1. The number of carbonyl (C=O) groups excluding carboxylic acids is 1. The number of nitrogens with one attached hydrogen (secondary N) is 1. The van der Waals surface area contributed by atoms with Gasteiger partial charge in [0.25, 0.3) is 0 Å². The van der Waals surface area contributed by atoms with Gasteiger partial charge in [-0.25, -0.2) is 18.5 Å². The largest absolute Gasteiger partial charge is 0.450 e. The van der Waals surface area contributed by atoms with E-state index in [2.05, 4.69) is 9.68 Å². The average Bonchev–Trinajstić information content (AvgIpc) is 3.36. The molecule has 162 valence electrons. The van der Waals surface area contributed by atoms with Gasteiger partial charge in [-0.1, -0.05) is 0 Å². The zero-order valence-electron chi connectivity index (χ0n) is 17.3. The number of carbonyl (C=O) groups is 1. The topological polar surface area (TPSA) is 118 Å². The van der Waals surface area contributed by atoms with Gasteiger partial charge in [0.1, 0.15) is 11.6 Å². The minimum absolute atomic E-state index is 0.141. The molecule has 1 aromatic heterocycles. The fourth-order valence-corrected chi connectivity index (χ4v) is 5.46. The first-order valence-corrected chi connectivity index (χ1v) is 11.6.